The average molecular weight is 513 g/mol. The first-order valence-electron chi connectivity index (χ1n) is 11.3. The molecular formula is C27H26F2N2O6. The number of aromatic nitrogens is 1. The fourth-order valence-electron chi connectivity index (χ4n) is 3.75. The molecule has 2 aromatic carbocycles. The van der Waals surface area contributed by atoms with Gasteiger partial charge < -0.3 is 19.5 Å². The molecule has 0 saturated heterocycles. The van der Waals surface area contributed by atoms with Gasteiger partial charge in [-0.15, -0.1) is 0 Å². The van der Waals surface area contributed by atoms with Crippen LogP contribution in [-0.4, -0.2) is 42.1 Å². The molecule has 3 aromatic rings. The molecule has 37 heavy (non-hydrogen) atoms. The van der Waals surface area contributed by atoms with Crippen molar-refractivity contribution in [1.82, 2.24) is 10.3 Å². The Labute approximate surface area is 212 Å². The zero-order valence-electron chi connectivity index (χ0n) is 20.7. The first-order valence-corrected chi connectivity index (χ1v) is 11.3. The summed E-state index contributed by atoms with van der Waals surface area (Å²) in [6, 6.07) is 11.7. The highest BCUT2D eigenvalue weighted by Gasteiger charge is 2.29. The Bertz CT molecular complexity index is 1220. The van der Waals surface area contributed by atoms with Gasteiger partial charge in [0, 0.05) is 25.1 Å². The van der Waals surface area contributed by atoms with Crippen LogP contribution in [0.3, 0.4) is 0 Å². The molecule has 2 atom stereocenters. The maximum atomic E-state index is 13.5. The van der Waals surface area contributed by atoms with Gasteiger partial charge in [0.2, 0.25) is 5.75 Å². The Morgan fingerprint density at radius 2 is 1.43 bits per heavy atom. The van der Waals surface area contributed by atoms with Crippen LogP contribution in [0.4, 0.5) is 8.78 Å². The van der Waals surface area contributed by atoms with Crippen molar-refractivity contribution in [3.8, 4) is 11.5 Å². The van der Waals surface area contributed by atoms with Gasteiger partial charge in [-0.2, -0.15) is 0 Å². The molecule has 0 unspecified atom stereocenters. The summed E-state index contributed by atoms with van der Waals surface area (Å²) in [5.41, 5.74) is 1.05. The Morgan fingerprint density at radius 1 is 0.892 bits per heavy atom. The van der Waals surface area contributed by atoms with E-state index in [0.717, 1.165) is 6.92 Å². The third-order valence-electron chi connectivity index (χ3n) is 5.48. The third-order valence-corrected chi connectivity index (χ3v) is 5.48. The van der Waals surface area contributed by atoms with E-state index < -0.39 is 47.5 Å². The molecule has 0 radical (unpaired) electrons. The van der Waals surface area contributed by atoms with Crippen molar-refractivity contribution in [3.63, 3.8) is 0 Å². The van der Waals surface area contributed by atoms with Crippen LogP contribution in [0.2, 0.25) is 0 Å². The zero-order valence-corrected chi connectivity index (χ0v) is 20.7. The number of amides is 1. The first-order chi connectivity index (χ1) is 17.6. The highest BCUT2D eigenvalue weighted by molar-refractivity contribution is 5.98. The van der Waals surface area contributed by atoms with Crippen molar-refractivity contribution < 1.29 is 37.4 Å². The predicted octanol–water partition coefficient (Wildman–Crippen LogP) is 4.18. The van der Waals surface area contributed by atoms with Crippen LogP contribution in [0.15, 0.2) is 60.8 Å². The normalized spacial score (nSPS) is 12.4. The van der Waals surface area contributed by atoms with Crippen molar-refractivity contribution in [2.45, 2.75) is 38.8 Å². The lowest BCUT2D eigenvalue weighted by atomic mass is 9.87. The van der Waals surface area contributed by atoms with Gasteiger partial charge in [0.05, 0.1) is 7.11 Å². The quantitative estimate of drug-likeness (QED) is 0.429. The van der Waals surface area contributed by atoms with E-state index in [-0.39, 0.29) is 17.2 Å². The standard InChI is InChI=1S/C27H26F2N2O6/c1-15(31-26(33)24-25(37-17(3)32)22(35-4)13-14-30-24)27(34)36-16(2)23(18-5-9-20(28)10-6-18)19-7-11-21(29)12-8-19/h5-16,23H,1-4H3,(H,31,33)/t15-,16+/m1/s1. The second-order valence-electron chi connectivity index (χ2n) is 8.20. The summed E-state index contributed by atoms with van der Waals surface area (Å²) in [5.74, 6) is -3.70. The number of carbonyl (C=O) groups excluding carboxylic acids is 3. The number of hydrogen-bond donors (Lipinski definition) is 1. The first kappa shape index (κ1) is 27.3. The summed E-state index contributed by atoms with van der Waals surface area (Å²) >= 11 is 0. The van der Waals surface area contributed by atoms with E-state index in [0.29, 0.717) is 11.1 Å². The second kappa shape index (κ2) is 12.1. The maximum absolute atomic E-state index is 13.5. The highest BCUT2D eigenvalue weighted by Crippen LogP contribution is 2.31. The molecule has 0 aliphatic carbocycles. The van der Waals surface area contributed by atoms with Gasteiger partial charge in [-0.25, -0.2) is 18.6 Å². The lowest BCUT2D eigenvalue weighted by Gasteiger charge is -2.26. The number of rotatable bonds is 9. The molecule has 1 heterocycles. The largest absolute Gasteiger partial charge is 0.493 e. The minimum absolute atomic E-state index is 0.112. The van der Waals surface area contributed by atoms with Crippen LogP contribution in [-0.2, 0) is 14.3 Å². The molecule has 1 N–H and O–H groups in total. The summed E-state index contributed by atoms with van der Waals surface area (Å²) in [6.45, 7) is 4.23. The molecule has 1 amide bonds. The SMILES string of the molecule is COc1ccnc(C(=O)N[C@H](C)C(=O)O[C@@H](C)C(c2ccc(F)cc2)c2ccc(F)cc2)c1OC(C)=O. The molecule has 0 saturated carbocycles. The molecule has 0 aliphatic rings. The van der Waals surface area contributed by atoms with Gasteiger partial charge in [0.25, 0.3) is 5.91 Å². The van der Waals surface area contributed by atoms with Gasteiger partial charge in [-0.1, -0.05) is 24.3 Å². The molecule has 194 valence electrons. The Morgan fingerprint density at radius 3 is 1.92 bits per heavy atom. The van der Waals surface area contributed by atoms with Crippen molar-refractivity contribution in [3.05, 3.63) is 89.2 Å². The van der Waals surface area contributed by atoms with Gasteiger partial charge in [0.1, 0.15) is 23.8 Å². The van der Waals surface area contributed by atoms with Crippen LogP contribution in [0.5, 0.6) is 11.5 Å². The maximum Gasteiger partial charge on any atom is 0.328 e. The number of halogens is 2. The molecule has 0 spiro atoms. The molecule has 8 nitrogen and oxygen atoms in total. The Kier molecular flexibility index (Phi) is 8.89. The van der Waals surface area contributed by atoms with E-state index in [4.69, 9.17) is 14.2 Å². The third kappa shape index (κ3) is 6.87. The fourth-order valence-corrected chi connectivity index (χ4v) is 3.75. The van der Waals surface area contributed by atoms with Crippen LogP contribution in [0.25, 0.3) is 0 Å². The van der Waals surface area contributed by atoms with Gasteiger partial charge in [-0.05, 0) is 49.2 Å². The van der Waals surface area contributed by atoms with Gasteiger partial charge in [0.15, 0.2) is 11.4 Å². The van der Waals surface area contributed by atoms with Crippen LogP contribution in [0.1, 0.15) is 48.3 Å². The lowest BCUT2D eigenvalue weighted by molar-refractivity contribution is -0.150. The number of nitrogens with zero attached hydrogens (tertiary/aromatic N) is 1. The predicted molar refractivity (Wildman–Crippen MR) is 129 cm³/mol. The molecule has 0 aliphatic heterocycles. The topological polar surface area (TPSA) is 104 Å². The van der Waals surface area contributed by atoms with Crippen LogP contribution >= 0.6 is 0 Å². The van der Waals surface area contributed by atoms with Gasteiger partial charge >= 0.3 is 11.9 Å². The number of esters is 2. The number of benzene rings is 2. The summed E-state index contributed by atoms with van der Waals surface area (Å²) in [4.78, 5) is 41.2. The molecule has 0 bridgehead atoms. The molecule has 1 aromatic heterocycles. The average Bonchev–Trinajstić information content (AvgIpc) is 2.86. The lowest BCUT2D eigenvalue weighted by Crippen LogP contribution is -2.41. The summed E-state index contributed by atoms with van der Waals surface area (Å²) in [5, 5.41) is 2.48. The van der Waals surface area contributed by atoms with E-state index >= 15 is 0 Å². The minimum Gasteiger partial charge on any atom is -0.493 e. The second-order valence-corrected chi connectivity index (χ2v) is 8.20. The fraction of sp³-hybridized carbons (Fsp3) is 0.259. The molecular weight excluding hydrogens is 486 g/mol. The van der Waals surface area contributed by atoms with Gasteiger partial charge in [-0.3, -0.25) is 9.59 Å². The Hall–Kier alpha value is -4.34. The van der Waals surface area contributed by atoms with E-state index in [1.165, 1.54) is 50.6 Å². The highest BCUT2D eigenvalue weighted by atomic mass is 19.1. The number of nitrogens with one attached hydrogen (secondary N) is 1. The van der Waals surface area contributed by atoms with E-state index in [1.54, 1.807) is 31.2 Å². The van der Waals surface area contributed by atoms with Crippen molar-refractivity contribution >= 4 is 17.8 Å². The van der Waals surface area contributed by atoms with Crippen LogP contribution in [0, 0.1) is 11.6 Å². The van der Waals surface area contributed by atoms with Crippen LogP contribution < -0.4 is 14.8 Å². The molecule has 3 rings (SSSR count). The van der Waals surface area contributed by atoms with Crippen molar-refractivity contribution in [2.24, 2.45) is 0 Å². The number of hydrogen-bond acceptors (Lipinski definition) is 7. The molecule has 0 fully saturated rings. The van der Waals surface area contributed by atoms with E-state index in [2.05, 4.69) is 10.3 Å². The number of methoxy groups -OCH3 is 1. The zero-order chi connectivity index (χ0) is 27.1. The minimum atomic E-state index is -1.12. The number of ether oxygens (including phenoxy) is 3. The summed E-state index contributed by atoms with van der Waals surface area (Å²) in [6.07, 6.45) is 0.524. The van der Waals surface area contributed by atoms with Crippen molar-refractivity contribution in [2.75, 3.05) is 7.11 Å². The summed E-state index contributed by atoms with van der Waals surface area (Å²) in [7, 11) is 1.34. The van der Waals surface area contributed by atoms with Crippen molar-refractivity contribution in [1.29, 1.82) is 0 Å². The smallest absolute Gasteiger partial charge is 0.328 e. The van der Waals surface area contributed by atoms with E-state index in [9.17, 15) is 23.2 Å². The number of carbonyl (C=O) groups is 3. The summed E-state index contributed by atoms with van der Waals surface area (Å²) < 4.78 is 42.9. The molecule has 10 heteroatoms. The Balaban J connectivity index is 1.78. The monoisotopic (exact) mass is 512 g/mol. The number of pyridine rings is 1. The van der Waals surface area contributed by atoms with E-state index in [1.807, 2.05) is 0 Å².